The van der Waals surface area contributed by atoms with Crippen molar-refractivity contribution in [1.82, 2.24) is 0 Å². The number of carbonyl (C=O) groups excluding carboxylic acids is 4. The Morgan fingerprint density at radius 3 is 1.98 bits per heavy atom. The van der Waals surface area contributed by atoms with Crippen molar-refractivity contribution in [3.05, 3.63) is 36.4 Å². The molecule has 2 atom stereocenters. The van der Waals surface area contributed by atoms with Crippen LogP contribution in [0.3, 0.4) is 0 Å². The Labute approximate surface area is 297 Å². The van der Waals surface area contributed by atoms with E-state index >= 15 is 0 Å². The van der Waals surface area contributed by atoms with Gasteiger partial charge in [0.2, 0.25) is 6.29 Å². The Bertz CT molecular complexity index is 1590. The summed E-state index contributed by atoms with van der Waals surface area (Å²) in [4.78, 5) is 53.5. The molecule has 2 aromatic rings. The summed E-state index contributed by atoms with van der Waals surface area (Å²) in [6.07, 6.45) is 5.11. The summed E-state index contributed by atoms with van der Waals surface area (Å²) < 4.78 is 28.9. The van der Waals surface area contributed by atoms with Gasteiger partial charge in [0.1, 0.15) is 17.1 Å². The van der Waals surface area contributed by atoms with Crippen LogP contribution in [-0.2, 0) is 50.6 Å². The van der Waals surface area contributed by atoms with Crippen molar-refractivity contribution >= 4 is 34.6 Å². The molecule has 5 aliphatic rings. The quantitative estimate of drug-likeness (QED) is 0.188. The molecule has 11 heteroatoms. The topological polar surface area (TPSA) is 149 Å². The van der Waals surface area contributed by atoms with Crippen molar-refractivity contribution in [2.24, 2.45) is 39.9 Å². The molecule has 2 N–H and O–H groups in total. The van der Waals surface area contributed by atoms with E-state index in [0.717, 1.165) is 48.3 Å². The standard InChI is InChI=1S/C38H48O9.HN.V/c1-35(2,32(41)44-29-10-8-24-18-28(39)9-7-25(24)19-29)20-37(5,34(43)46-31-12-11-30(40)45-31)21-36(3,4)33(42)47-38(6)26-14-22-13-23(16-26)17-27(38)15-22;;/h7-10,18-19,22-23,26-27,31,39H,11-17,20-21H2,1-6H3;1H;. The summed E-state index contributed by atoms with van der Waals surface area (Å²) in [6.45, 7) is 10.8. The molecule has 5 fully saturated rings. The SMILES string of the molecule is CC(C)(CC(C)(CC(C)(C)C(=O)OC1(C)C2CC3CC(C2)CC1C3)C(=O)OC1CCC(=O)O1)C(=O)Oc1ccc2cc(O)ccc2c1.[NH]=[V]. The van der Waals surface area contributed by atoms with Gasteiger partial charge in [-0.3, -0.25) is 19.2 Å². The average Bonchev–Trinajstić information content (AvgIpc) is 3.44. The number of cyclic esters (lactones) is 1. The zero-order valence-electron chi connectivity index (χ0n) is 29.4. The van der Waals surface area contributed by atoms with Crippen LogP contribution in [0.1, 0.15) is 99.3 Å². The van der Waals surface area contributed by atoms with Crippen LogP contribution in [0.15, 0.2) is 36.4 Å². The molecule has 4 aliphatic carbocycles. The van der Waals surface area contributed by atoms with E-state index in [1.54, 1.807) is 88.3 Å². The zero-order valence-corrected chi connectivity index (χ0v) is 30.8. The molecular formula is C38H49NO9V. The van der Waals surface area contributed by atoms with Crippen LogP contribution in [-0.4, -0.2) is 40.9 Å². The number of hydrogen-bond acceptors (Lipinski definition) is 10. The van der Waals surface area contributed by atoms with E-state index in [4.69, 9.17) is 23.2 Å². The molecule has 7 rings (SSSR count). The van der Waals surface area contributed by atoms with Gasteiger partial charge in [-0.1, -0.05) is 12.1 Å². The van der Waals surface area contributed by atoms with E-state index in [-0.39, 0.29) is 37.4 Å². The average molecular weight is 715 g/mol. The number of fused-ring (bicyclic) bond motifs is 1. The molecule has 2 unspecified atom stereocenters. The molecule has 10 nitrogen and oxygen atoms in total. The molecule has 1 saturated heterocycles. The molecule has 2 aromatic carbocycles. The molecule has 4 bridgehead atoms. The first-order chi connectivity index (χ1) is 23.0. The fraction of sp³-hybridized carbons (Fsp3) is 0.632. The number of aromatic hydroxyl groups is 1. The van der Waals surface area contributed by atoms with Crippen LogP contribution >= 0.6 is 0 Å². The van der Waals surface area contributed by atoms with E-state index in [0.29, 0.717) is 17.6 Å². The first-order valence-electron chi connectivity index (χ1n) is 17.3. The second-order valence-electron chi connectivity index (χ2n) is 16.5. The van der Waals surface area contributed by atoms with E-state index in [2.05, 4.69) is 6.92 Å². The fourth-order valence-electron chi connectivity index (χ4n) is 9.29. The third-order valence-electron chi connectivity index (χ3n) is 11.4. The van der Waals surface area contributed by atoms with Crippen LogP contribution < -0.4 is 4.74 Å². The number of phenols is 1. The van der Waals surface area contributed by atoms with Crippen LogP contribution in [0.2, 0.25) is 0 Å². The number of ether oxygens (including phenoxy) is 4. The molecule has 1 heterocycles. The summed E-state index contributed by atoms with van der Waals surface area (Å²) >= 11 is 1.56. The van der Waals surface area contributed by atoms with Crippen LogP contribution in [0, 0.1) is 44.1 Å². The van der Waals surface area contributed by atoms with Gasteiger partial charge < -0.3 is 24.1 Å². The Hall–Kier alpha value is -3.24. The number of benzene rings is 2. The first kappa shape index (κ1) is 37.0. The van der Waals surface area contributed by atoms with E-state index < -0.39 is 46.0 Å². The van der Waals surface area contributed by atoms with Crippen LogP contribution in [0.25, 0.3) is 10.8 Å². The predicted octanol–water partition coefficient (Wildman–Crippen LogP) is 7.55. The van der Waals surface area contributed by atoms with Crippen LogP contribution in [0.4, 0.5) is 0 Å². The first-order valence-corrected chi connectivity index (χ1v) is 18.0. The summed E-state index contributed by atoms with van der Waals surface area (Å²) in [5.74, 6) is 0.622. The summed E-state index contributed by atoms with van der Waals surface area (Å²) in [5, 5.41) is 11.4. The second-order valence-corrected chi connectivity index (χ2v) is 16.5. The third kappa shape index (κ3) is 7.75. The van der Waals surface area contributed by atoms with Crippen molar-refractivity contribution in [2.45, 2.75) is 111 Å². The predicted molar refractivity (Wildman–Crippen MR) is 176 cm³/mol. The molecule has 0 aromatic heterocycles. The molecule has 0 radical (unpaired) electrons. The van der Waals surface area contributed by atoms with Gasteiger partial charge >= 0.3 is 45.3 Å². The van der Waals surface area contributed by atoms with E-state index in [1.807, 2.05) is 0 Å². The van der Waals surface area contributed by atoms with Crippen molar-refractivity contribution < 1.29 is 60.5 Å². The number of nitrogens with one attached hydrogen (secondary N) is 1. The number of rotatable bonds is 10. The Morgan fingerprint density at radius 2 is 1.41 bits per heavy atom. The van der Waals surface area contributed by atoms with E-state index in [9.17, 15) is 24.3 Å². The number of esters is 4. The molecule has 0 amide bonds. The van der Waals surface area contributed by atoms with Crippen molar-refractivity contribution in [2.75, 3.05) is 0 Å². The number of phenolic OH excluding ortho intramolecular Hbond substituents is 1. The summed E-state index contributed by atoms with van der Waals surface area (Å²) in [7, 11) is 0. The Balaban J connectivity index is 0.00000230. The molecule has 265 valence electrons. The van der Waals surface area contributed by atoms with Crippen molar-refractivity contribution in [1.29, 1.82) is 4.21 Å². The maximum absolute atomic E-state index is 14.1. The normalized spacial score (nSPS) is 28.5. The second kappa shape index (κ2) is 13.8. The summed E-state index contributed by atoms with van der Waals surface area (Å²) in [5.41, 5.74) is -4.15. The fourth-order valence-corrected chi connectivity index (χ4v) is 9.29. The molecule has 1 aliphatic heterocycles. The van der Waals surface area contributed by atoms with E-state index in [1.165, 1.54) is 6.42 Å². The van der Waals surface area contributed by atoms with Gasteiger partial charge in [0.25, 0.3) is 0 Å². The third-order valence-corrected chi connectivity index (χ3v) is 11.4. The minimum absolute atomic E-state index is 0.00236. The Kier molecular flexibility index (Phi) is 10.4. The molecule has 0 spiro atoms. The van der Waals surface area contributed by atoms with Gasteiger partial charge in [-0.05, 0) is 145 Å². The number of carbonyl (C=O) groups is 4. The maximum atomic E-state index is 14.1. The van der Waals surface area contributed by atoms with Gasteiger partial charge in [-0.2, -0.15) is 0 Å². The Morgan fingerprint density at radius 1 is 0.857 bits per heavy atom. The van der Waals surface area contributed by atoms with Gasteiger partial charge in [0.15, 0.2) is 0 Å². The van der Waals surface area contributed by atoms with Crippen molar-refractivity contribution in [3.63, 3.8) is 0 Å². The van der Waals surface area contributed by atoms with Gasteiger partial charge in [0.05, 0.1) is 22.7 Å². The van der Waals surface area contributed by atoms with Gasteiger partial charge in [0, 0.05) is 6.42 Å². The monoisotopic (exact) mass is 714 g/mol. The number of hydrogen-bond donors (Lipinski definition) is 2. The van der Waals surface area contributed by atoms with Gasteiger partial charge in [-0.15, -0.1) is 0 Å². The minimum atomic E-state index is -1.34. The van der Waals surface area contributed by atoms with Crippen LogP contribution in [0.5, 0.6) is 11.5 Å². The molecule has 4 saturated carbocycles. The zero-order chi connectivity index (χ0) is 35.9. The molecular weight excluding hydrogens is 665 g/mol. The van der Waals surface area contributed by atoms with Crippen molar-refractivity contribution in [3.8, 4) is 11.5 Å². The molecule has 49 heavy (non-hydrogen) atoms. The summed E-state index contributed by atoms with van der Waals surface area (Å²) in [6, 6.07) is 10.1. The van der Waals surface area contributed by atoms with Gasteiger partial charge in [-0.25, -0.2) is 0 Å².